The number of hydrogen-bond acceptors (Lipinski definition) is 6. The molecule has 0 spiro atoms. The lowest BCUT2D eigenvalue weighted by atomic mass is 10.0. The molecule has 5 nitrogen and oxygen atoms in total. The second kappa shape index (κ2) is 12.8. The summed E-state index contributed by atoms with van der Waals surface area (Å²) in [6.45, 7) is 0. The van der Waals surface area contributed by atoms with Crippen LogP contribution in [0.5, 0.6) is 5.75 Å². The first-order valence-electron chi connectivity index (χ1n) is 15.9. The molecule has 10 heteroatoms. The van der Waals surface area contributed by atoms with Crippen molar-refractivity contribution in [2.75, 3.05) is 9.80 Å². The van der Waals surface area contributed by atoms with Gasteiger partial charge in [0, 0.05) is 49.7 Å². The number of thiophene rings is 1. The molecule has 0 unspecified atom stereocenters. The van der Waals surface area contributed by atoms with Crippen molar-refractivity contribution in [2.24, 2.45) is 0 Å². The molecule has 0 bridgehead atoms. The van der Waals surface area contributed by atoms with Gasteiger partial charge in [-0.3, -0.25) is 0 Å². The minimum atomic E-state index is -5.97. The number of anilines is 6. The third-order valence-corrected chi connectivity index (χ3v) is 10.7. The smallest absolute Gasteiger partial charge is 0.376 e. The summed E-state index contributed by atoms with van der Waals surface area (Å²) in [5, 5.41) is 3.49. The zero-order chi connectivity index (χ0) is 35.2. The van der Waals surface area contributed by atoms with Crippen LogP contribution in [0.1, 0.15) is 0 Å². The Kier molecular flexibility index (Phi) is 8.13. The van der Waals surface area contributed by atoms with E-state index in [1.54, 1.807) is 0 Å². The fourth-order valence-electron chi connectivity index (χ4n) is 6.40. The van der Waals surface area contributed by atoms with Gasteiger partial charge in [0.2, 0.25) is 0 Å². The normalized spacial score (nSPS) is 12.0. The highest BCUT2D eigenvalue weighted by Gasteiger charge is 2.48. The van der Waals surface area contributed by atoms with Crippen LogP contribution in [0.2, 0.25) is 0 Å². The lowest BCUT2D eigenvalue weighted by Crippen LogP contribution is -2.28. The molecule has 0 amide bonds. The molecule has 0 atom stereocenters. The molecule has 51 heavy (non-hydrogen) atoms. The molecule has 0 saturated carbocycles. The van der Waals surface area contributed by atoms with E-state index in [2.05, 4.69) is 17.0 Å². The average Bonchev–Trinajstić information content (AvgIpc) is 3.51. The SMILES string of the molecule is O=S(=O)(Oc1cc(N(c2ccccc2)c2ccccc2)c2c(c1)sc1c(N(c3ccccc3)c3ccccc3)c3ccccc3cc12)C(F)(F)F. The van der Waals surface area contributed by atoms with E-state index in [0.717, 1.165) is 54.7 Å². The highest BCUT2D eigenvalue weighted by molar-refractivity contribution is 7.88. The topological polar surface area (TPSA) is 49.9 Å². The largest absolute Gasteiger partial charge is 0.534 e. The number of benzene rings is 7. The summed E-state index contributed by atoms with van der Waals surface area (Å²) >= 11 is 1.37. The highest BCUT2D eigenvalue weighted by Crippen LogP contribution is 2.53. The van der Waals surface area contributed by atoms with Crippen LogP contribution in [0.4, 0.5) is 47.3 Å². The summed E-state index contributed by atoms with van der Waals surface area (Å²) in [4.78, 5) is 4.08. The number of halogens is 3. The first-order chi connectivity index (χ1) is 24.7. The maximum Gasteiger partial charge on any atom is 0.534 e. The molecule has 0 fully saturated rings. The minimum absolute atomic E-state index is 0.452. The summed E-state index contributed by atoms with van der Waals surface area (Å²) in [6, 6.07) is 51.6. The molecule has 1 heterocycles. The van der Waals surface area contributed by atoms with E-state index in [-0.39, 0.29) is 0 Å². The van der Waals surface area contributed by atoms with Crippen molar-refractivity contribution in [2.45, 2.75) is 5.51 Å². The van der Waals surface area contributed by atoms with Crippen LogP contribution < -0.4 is 14.0 Å². The van der Waals surface area contributed by atoms with Crippen LogP contribution in [-0.4, -0.2) is 13.9 Å². The van der Waals surface area contributed by atoms with Crippen LogP contribution in [-0.2, 0) is 10.1 Å². The summed E-state index contributed by atoms with van der Waals surface area (Å²) in [5.41, 5.74) is -1.02. The molecule has 0 aliphatic rings. The minimum Gasteiger partial charge on any atom is -0.376 e. The number of hydrogen-bond donors (Lipinski definition) is 0. The number of rotatable bonds is 8. The zero-order valence-electron chi connectivity index (χ0n) is 26.7. The van der Waals surface area contributed by atoms with Gasteiger partial charge in [0.15, 0.2) is 0 Å². The van der Waals surface area contributed by atoms with E-state index < -0.39 is 21.4 Å². The van der Waals surface area contributed by atoms with Crippen molar-refractivity contribution in [3.63, 3.8) is 0 Å². The van der Waals surface area contributed by atoms with Gasteiger partial charge in [-0.2, -0.15) is 21.6 Å². The van der Waals surface area contributed by atoms with E-state index in [1.807, 2.05) is 144 Å². The lowest BCUT2D eigenvalue weighted by molar-refractivity contribution is -0.0500. The predicted octanol–water partition coefficient (Wildman–Crippen LogP) is 12.4. The Bertz CT molecular complexity index is 2540. The third kappa shape index (κ3) is 5.92. The van der Waals surface area contributed by atoms with Gasteiger partial charge in [-0.25, -0.2) is 0 Å². The van der Waals surface area contributed by atoms with Crippen LogP contribution in [0, 0.1) is 0 Å². The van der Waals surface area contributed by atoms with E-state index in [4.69, 9.17) is 4.18 Å². The van der Waals surface area contributed by atoms with Crippen molar-refractivity contribution in [3.05, 3.63) is 164 Å². The third-order valence-electron chi connectivity index (χ3n) is 8.52. The van der Waals surface area contributed by atoms with Crippen molar-refractivity contribution < 1.29 is 25.8 Å². The van der Waals surface area contributed by atoms with Crippen LogP contribution in [0.25, 0.3) is 30.9 Å². The fraction of sp³-hybridized carbons (Fsp3) is 0.0244. The summed E-state index contributed by atoms with van der Waals surface area (Å²) in [5.74, 6) is -0.452. The quantitative estimate of drug-likeness (QED) is 0.116. The first-order valence-corrected chi connectivity index (χ1v) is 18.2. The second-order valence-electron chi connectivity index (χ2n) is 11.7. The van der Waals surface area contributed by atoms with E-state index >= 15 is 0 Å². The lowest BCUT2D eigenvalue weighted by Gasteiger charge is -2.28. The summed E-state index contributed by atoms with van der Waals surface area (Å²) in [7, 11) is -5.97. The van der Waals surface area contributed by atoms with Crippen LogP contribution in [0.15, 0.2) is 164 Å². The van der Waals surface area contributed by atoms with Gasteiger partial charge in [-0.1, -0.05) is 97.1 Å². The highest BCUT2D eigenvalue weighted by atomic mass is 32.2. The monoisotopic (exact) mass is 716 g/mol. The van der Waals surface area contributed by atoms with Crippen molar-refractivity contribution in [1.82, 2.24) is 0 Å². The number of alkyl halides is 3. The molecule has 0 radical (unpaired) electrons. The Hall–Kier alpha value is -5.84. The van der Waals surface area contributed by atoms with Gasteiger partial charge in [-0.15, -0.1) is 11.3 Å². The molecular formula is C41H27F3N2O3S2. The van der Waals surface area contributed by atoms with Gasteiger partial charge in [-0.05, 0) is 66.0 Å². The maximum atomic E-state index is 13.7. The molecule has 0 aliphatic carbocycles. The summed E-state index contributed by atoms with van der Waals surface area (Å²) in [6.07, 6.45) is 0. The second-order valence-corrected chi connectivity index (χ2v) is 14.3. The van der Waals surface area contributed by atoms with Gasteiger partial charge in [0.1, 0.15) is 5.75 Å². The first kappa shape index (κ1) is 32.4. The van der Waals surface area contributed by atoms with Crippen molar-refractivity contribution in [1.29, 1.82) is 0 Å². The molecule has 0 aliphatic heterocycles. The van der Waals surface area contributed by atoms with Crippen LogP contribution >= 0.6 is 11.3 Å². The molecule has 0 N–H and O–H groups in total. The van der Waals surface area contributed by atoms with Gasteiger partial charge in [0.05, 0.1) is 16.1 Å². The van der Waals surface area contributed by atoms with Crippen LogP contribution in [0.3, 0.4) is 0 Å². The van der Waals surface area contributed by atoms with E-state index in [9.17, 15) is 21.6 Å². The van der Waals surface area contributed by atoms with E-state index in [0.29, 0.717) is 10.4 Å². The van der Waals surface area contributed by atoms with Crippen molar-refractivity contribution in [3.8, 4) is 5.75 Å². The molecule has 0 saturated heterocycles. The number of nitrogens with zero attached hydrogens (tertiary/aromatic N) is 2. The Labute approximate surface area is 296 Å². The van der Waals surface area contributed by atoms with Gasteiger partial charge in [0.25, 0.3) is 0 Å². The Balaban J connectivity index is 1.52. The Morgan fingerprint density at radius 3 is 1.53 bits per heavy atom. The zero-order valence-corrected chi connectivity index (χ0v) is 28.3. The maximum absolute atomic E-state index is 13.7. The number of fused-ring (bicyclic) bond motifs is 4. The standard InChI is InChI=1S/C41H27F3N2O3S2/c42-41(43,44)51(47,48)49-33-26-36(45(29-16-5-1-6-17-29)30-18-7-2-8-19-30)38-35-25-28-15-13-14-24-34(28)39(40(35)50-37(38)27-33)46(31-20-9-3-10-21-31)32-22-11-4-12-23-32/h1-27H. The molecule has 8 rings (SSSR count). The van der Waals surface area contributed by atoms with Gasteiger partial charge < -0.3 is 14.0 Å². The Morgan fingerprint density at radius 2 is 1.02 bits per heavy atom. The van der Waals surface area contributed by atoms with E-state index in [1.165, 1.54) is 23.5 Å². The average molecular weight is 717 g/mol. The summed E-state index contributed by atoms with van der Waals surface area (Å²) < 4.78 is 72.1. The molecule has 1 aromatic heterocycles. The molecule has 7 aromatic carbocycles. The molecule has 252 valence electrons. The molecular weight excluding hydrogens is 690 g/mol. The van der Waals surface area contributed by atoms with Gasteiger partial charge >= 0.3 is 15.6 Å². The predicted molar refractivity (Wildman–Crippen MR) is 202 cm³/mol. The molecule has 8 aromatic rings. The van der Waals surface area contributed by atoms with Crippen molar-refractivity contribution >= 4 is 86.5 Å². The fourth-order valence-corrected chi connectivity index (χ4v) is 8.12. The number of para-hydroxylation sites is 4. The Morgan fingerprint density at radius 1 is 0.549 bits per heavy atom.